The summed E-state index contributed by atoms with van der Waals surface area (Å²) < 4.78 is 10.2. The second-order valence-electron chi connectivity index (χ2n) is 6.59. The van der Waals surface area contributed by atoms with Crippen LogP contribution in [0.5, 0.6) is 5.75 Å². The molecule has 5 nitrogen and oxygen atoms in total. The summed E-state index contributed by atoms with van der Waals surface area (Å²) in [7, 11) is 1.68. The van der Waals surface area contributed by atoms with E-state index >= 15 is 0 Å². The topological polar surface area (TPSA) is 35.2 Å². The summed E-state index contributed by atoms with van der Waals surface area (Å²) >= 11 is 5.72. The number of nitrogens with zero attached hydrogens (tertiary/aromatic N) is 4. The standard InChI is InChI=1S/C19H28N4OS/c1-4-16-8-6-7-13-21(16)14-23-19(25)22(5-2)18(20-23)15-9-11-17(24-3)12-10-15/h9-12,16H,4-8,13-14H2,1-3H3/t16-/m1/s1. The maximum Gasteiger partial charge on any atom is 0.199 e. The molecular formula is C19H28N4OS. The van der Waals surface area contributed by atoms with E-state index < -0.39 is 0 Å². The molecule has 1 aliphatic heterocycles. The van der Waals surface area contributed by atoms with E-state index in [1.165, 1.54) is 25.7 Å². The molecule has 0 saturated carbocycles. The number of piperidine rings is 1. The van der Waals surface area contributed by atoms with Crippen LogP contribution in [0.1, 0.15) is 39.5 Å². The van der Waals surface area contributed by atoms with Crippen molar-refractivity contribution < 1.29 is 4.74 Å². The van der Waals surface area contributed by atoms with Crippen LogP contribution in [0, 0.1) is 4.77 Å². The molecule has 0 radical (unpaired) electrons. The van der Waals surface area contributed by atoms with Gasteiger partial charge in [-0.25, -0.2) is 4.68 Å². The highest BCUT2D eigenvalue weighted by Gasteiger charge is 2.22. The molecule has 1 fully saturated rings. The Bertz CT molecular complexity index is 750. The fourth-order valence-electron chi connectivity index (χ4n) is 3.65. The second kappa shape index (κ2) is 8.15. The van der Waals surface area contributed by atoms with Crippen molar-refractivity contribution in [1.29, 1.82) is 0 Å². The number of hydrogen-bond donors (Lipinski definition) is 0. The van der Waals surface area contributed by atoms with Gasteiger partial charge in [-0.1, -0.05) is 13.3 Å². The molecule has 1 saturated heterocycles. The molecular weight excluding hydrogens is 332 g/mol. The van der Waals surface area contributed by atoms with Gasteiger partial charge < -0.3 is 9.30 Å². The second-order valence-corrected chi connectivity index (χ2v) is 6.96. The zero-order valence-electron chi connectivity index (χ0n) is 15.4. The molecule has 1 atom stereocenters. The molecule has 25 heavy (non-hydrogen) atoms. The SMILES string of the molecule is CC[C@@H]1CCCCN1Cn1nc(-c2ccc(OC)cc2)n(CC)c1=S. The smallest absolute Gasteiger partial charge is 0.199 e. The van der Waals surface area contributed by atoms with E-state index in [0.29, 0.717) is 6.04 Å². The van der Waals surface area contributed by atoms with Gasteiger partial charge in [-0.15, -0.1) is 0 Å². The number of hydrogen-bond acceptors (Lipinski definition) is 4. The van der Waals surface area contributed by atoms with Crippen LogP contribution < -0.4 is 4.74 Å². The highest BCUT2D eigenvalue weighted by atomic mass is 32.1. The minimum Gasteiger partial charge on any atom is -0.497 e. The Balaban J connectivity index is 1.90. The predicted octanol–water partition coefficient (Wildman–Crippen LogP) is 4.33. The molecule has 0 bridgehead atoms. The van der Waals surface area contributed by atoms with Gasteiger partial charge in [0, 0.05) is 24.7 Å². The van der Waals surface area contributed by atoms with Gasteiger partial charge in [0.05, 0.1) is 13.8 Å². The number of aromatic nitrogens is 3. The Morgan fingerprint density at radius 3 is 2.60 bits per heavy atom. The fraction of sp³-hybridized carbons (Fsp3) is 0.579. The van der Waals surface area contributed by atoms with Crippen LogP contribution in [0.25, 0.3) is 11.4 Å². The summed E-state index contributed by atoms with van der Waals surface area (Å²) in [5.41, 5.74) is 1.07. The molecule has 1 aromatic carbocycles. The monoisotopic (exact) mass is 360 g/mol. The first-order chi connectivity index (χ1) is 12.2. The minimum absolute atomic E-state index is 0.645. The van der Waals surface area contributed by atoms with Gasteiger partial charge in [0.2, 0.25) is 0 Å². The Kier molecular flexibility index (Phi) is 5.91. The van der Waals surface area contributed by atoms with Gasteiger partial charge in [0.1, 0.15) is 5.75 Å². The van der Waals surface area contributed by atoms with Crippen LogP contribution >= 0.6 is 12.2 Å². The van der Waals surface area contributed by atoms with Gasteiger partial charge in [-0.3, -0.25) is 4.90 Å². The molecule has 1 aromatic heterocycles. The average Bonchev–Trinajstić information content (AvgIpc) is 2.98. The third-order valence-corrected chi connectivity index (χ3v) is 5.55. The van der Waals surface area contributed by atoms with E-state index in [1.807, 2.05) is 28.9 Å². The molecule has 0 N–H and O–H groups in total. The van der Waals surface area contributed by atoms with E-state index in [-0.39, 0.29) is 0 Å². The first kappa shape index (κ1) is 18.1. The quantitative estimate of drug-likeness (QED) is 0.718. The molecule has 2 heterocycles. The lowest BCUT2D eigenvalue weighted by Crippen LogP contribution is -2.40. The lowest BCUT2D eigenvalue weighted by Gasteiger charge is -2.34. The number of likely N-dealkylation sites (tertiary alicyclic amines) is 1. The molecule has 136 valence electrons. The van der Waals surface area contributed by atoms with Crippen molar-refractivity contribution in [3.63, 3.8) is 0 Å². The molecule has 2 aromatic rings. The number of benzene rings is 1. The summed E-state index contributed by atoms with van der Waals surface area (Å²) in [6, 6.07) is 8.67. The van der Waals surface area contributed by atoms with Crippen LogP contribution in [0.3, 0.4) is 0 Å². The van der Waals surface area contributed by atoms with Crippen LogP contribution in [0.2, 0.25) is 0 Å². The number of rotatable bonds is 6. The molecule has 0 aliphatic carbocycles. The minimum atomic E-state index is 0.645. The summed E-state index contributed by atoms with van der Waals surface area (Å²) in [6.45, 7) is 7.13. The Labute approximate surface area is 155 Å². The van der Waals surface area contributed by atoms with Crippen molar-refractivity contribution in [1.82, 2.24) is 19.2 Å². The number of methoxy groups -OCH3 is 1. The van der Waals surface area contributed by atoms with Gasteiger partial charge in [0.25, 0.3) is 0 Å². The highest BCUT2D eigenvalue weighted by Crippen LogP contribution is 2.24. The van der Waals surface area contributed by atoms with Crippen LogP contribution in [-0.4, -0.2) is 38.9 Å². The van der Waals surface area contributed by atoms with Crippen molar-refractivity contribution in [2.75, 3.05) is 13.7 Å². The molecule has 1 aliphatic rings. The summed E-state index contributed by atoms with van der Waals surface area (Å²) in [5.74, 6) is 1.78. The third-order valence-electron chi connectivity index (χ3n) is 5.12. The van der Waals surface area contributed by atoms with E-state index in [4.69, 9.17) is 22.1 Å². The maximum absolute atomic E-state index is 5.72. The van der Waals surface area contributed by atoms with Crippen molar-refractivity contribution in [2.24, 2.45) is 0 Å². The maximum atomic E-state index is 5.72. The van der Waals surface area contributed by atoms with E-state index in [0.717, 1.165) is 41.7 Å². The third kappa shape index (κ3) is 3.80. The Morgan fingerprint density at radius 2 is 1.96 bits per heavy atom. The molecule has 0 spiro atoms. The van der Waals surface area contributed by atoms with Crippen LogP contribution in [0.15, 0.2) is 24.3 Å². The molecule has 0 amide bonds. The normalized spacial score (nSPS) is 18.4. The van der Waals surface area contributed by atoms with Gasteiger partial charge in [0.15, 0.2) is 10.6 Å². The zero-order chi connectivity index (χ0) is 17.8. The molecule has 3 rings (SSSR count). The first-order valence-corrected chi connectivity index (χ1v) is 9.64. The fourth-order valence-corrected chi connectivity index (χ4v) is 3.97. The zero-order valence-corrected chi connectivity index (χ0v) is 16.3. The van der Waals surface area contributed by atoms with Gasteiger partial charge in [-0.05, 0) is 62.7 Å². The van der Waals surface area contributed by atoms with E-state index in [2.05, 4.69) is 23.3 Å². The van der Waals surface area contributed by atoms with E-state index in [9.17, 15) is 0 Å². The summed E-state index contributed by atoms with van der Waals surface area (Å²) in [4.78, 5) is 2.53. The Hall–Kier alpha value is -1.66. The average molecular weight is 361 g/mol. The lowest BCUT2D eigenvalue weighted by atomic mass is 10.0. The number of ether oxygens (including phenoxy) is 1. The molecule has 0 unspecified atom stereocenters. The lowest BCUT2D eigenvalue weighted by molar-refractivity contribution is 0.100. The highest BCUT2D eigenvalue weighted by molar-refractivity contribution is 7.71. The van der Waals surface area contributed by atoms with Crippen molar-refractivity contribution in [2.45, 2.75) is 58.8 Å². The predicted molar refractivity (Wildman–Crippen MR) is 103 cm³/mol. The molecule has 6 heteroatoms. The summed E-state index contributed by atoms with van der Waals surface area (Å²) in [5, 5.41) is 4.86. The Morgan fingerprint density at radius 1 is 1.20 bits per heavy atom. The van der Waals surface area contributed by atoms with Gasteiger partial charge >= 0.3 is 0 Å². The van der Waals surface area contributed by atoms with Crippen LogP contribution in [-0.2, 0) is 13.2 Å². The first-order valence-electron chi connectivity index (χ1n) is 9.24. The van der Waals surface area contributed by atoms with Crippen molar-refractivity contribution in [3.8, 4) is 17.1 Å². The summed E-state index contributed by atoms with van der Waals surface area (Å²) in [6.07, 6.45) is 5.07. The van der Waals surface area contributed by atoms with Crippen LogP contribution in [0.4, 0.5) is 0 Å². The largest absolute Gasteiger partial charge is 0.497 e. The van der Waals surface area contributed by atoms with Crippen molar-refractivity contribution in [3.05, 3.63) is 29.0 Å². The van der Waals surface area contributed by atoms with Gasteiger partial charge in [-0.2, -0.15) is 5.10 Å². The van der Waals surface area contributed by atoms with Crippen molar-refractivity contribution >= 4 is 12.2 Å². The van der Waals surface area contributed by atoms with E-state index in [1.54, 1.807) is 7.11 Å².